The van der Waals surface area contributed by atoms with E-state index in [1.165, 1.54) is 0 Å². The molecule has 10 atom stereocenters. The Morgan fingerprint density at radius 1 is 0.926 bits per heavy atom. The summed E-state index contributed by atoms with van der Waals surface area (Å²) in [6.07, 6.45) is -7.51. The minimum atomic E-state index is -4.91. The number of phosphoric acid groups is 1. The van der Waals surface area contributed by atoms with Crippen LogP contribution >= 0.6 is 7.82 Å². The zero-order valence-corrected chi connectivity index (χ0v) is 15.1. The van der Waals surface area contributed by atoms with Gasteiger partial charge in [-0.1, -0.05) is 0 Å². The molecule has 0 aromatic rings. The lowest BCUT2D eigenvalue weighted by molar-refractivity contribution is -0.272. The van der Waals surface area contributed by atoms with Gasteiger partial charge in [-0.15, -0.1) is 0 Å². The van der Waals surface area contributed by atoms with Crippen LogP contribution in [0, 0.1) is 0 Å². The van der Waals surface area contributed by atoms with E-state index in [4.69, 9.17) is 46.9 Å². The Balaban J connectivity index is 2.00. The van der Waals surface area contributed by atoms with E-state index in [1.807, 2.05) is 0 Å². The second-order valence-corrected chi connectivity index (χ2v) is 7.68. The fourth-order valence-corrected chi connectivity index (χ4v) is 3.52. The normalized spacial score (nSPS) is 46.4. The molecule has 13 N–H and O–H groups in total. The Hall–Kier alpha value is -0.290. The van der Waals surface area contributed by atoms with E-state index in [9.17, 15) is 19.9 Å². The van der Waals surface area contributed by atoms with Gasteiger partial charge in [0, 0.05) is 0 Å². The van der Waals surface area contributed by atoms with Crippen LogP contribution in [0.25, 0.3) is 0 Å². The molecule has 0 radical (unpaired) electrons. The summed E-state index contributed by atoms with van der Waals surface area (Å²) in [5.41, 5.74) is 23.1. The number of hydrogen-bond donors (Lipinski definition) is 9. The van der Waals surface area contributed by atoms with Gasteiger partial charge in [0.2, 0.25) is 0 Å². The molecule has 15 heteroatoms. The molecule has 2 saturated heterocycles. The van der Waals surface area contributed by atoms with Crippen molar-refractivity contribution in [3.05, 3.63) is 0 Å². The average Bonchev–Trinajstić information content (AvgIpc) is 2.59. The van der Waals surface area contributed by atoms with Gasteiger partial charge in [-0.05, 0) is 0 Å². The van der Waals surface area contributed by atoms with E-state index in [0.29, 0.717) is 0 Å². The van der Waals surface area contributed by atoms with Crippen LogP contribution in [0.15, 0.2) is 0 Å². The number of phosphoric ester groups is 1. The largest absolute Gasteiger partial charge is 0.470 e. The number of rotatable bonds is 6. The molecule has 0 aromatic heterocycles. The maximum Gasteiger partial charge on any atom is 0.470 e. The Bertz CT molecular complexity index is 538. The number of ether oxygens (including phenoxy) is 3. The van der Waals surface area contributed by atoms with Gasteiger partial charge in [-0.3, -0.25) is 4.52 Å². The molecule has 2 aliphatic heterocycles. The average molecular weight is 418 g/mol. The van der Waals surface area contributed by atoms with Crippen molar-refractivity contribution >= 4 is 7.82 Å². The summed E-state index contributed by atoms with van der Waals surface area (Å²) in [6.45, 7) is -0.988. The maximum atomic E-state index is 11.1. The summed E-state index contributed by atoms with van der Waals surface area (Å²) < 4.78 is 31.6. The molecule has 1 unspecified atom stereocenters. The quantitative estimate of drug-likeness (QED) is 0.182. The molecule has 2 fully saturated rings. The second kappa shape index (κ2) is 9.02. The maximum absolute atomic E-state index is 11.1. The second-order valence-electron chi connectivity index (χ2n) is 6.48. The van der Waals surface area contributed by atoms with Crippen molar-refractivity contribution in [2.75, 3.05) is 13.2 Å². The first-order chi connectivity index (χ1) is 12.5. The highest BCUT2D eigenvalue weighted by Gasteiger charge is 2.47. The van der Waals surface area contributed by atoms with Crippen molar-refractivity contribution in [1.82, 2.24) is 0 Å². The molecular formula is C12H27N4O10P. The molecule has 2 heterocycles. The van der Waals surface area contributed by atoms with E-state index in [0.717, 1.165) is 0 Å². The summed E-state index contributed by atoms with van der Waals surface area (Å²) in [4.78, 5) is 17.9. The highest BCUT2D eigenvalue weighted by Crippen LogP contribution is 2.40. The topological polar surface area (TPSA) is 259 Å². The zero-order valence-electron chi connectivity index (χ0n) is 14.2. The summed E-state index contributed by atoms with van der Waals surface area (Å²) >= 11 is 0. The predicted molar refractivity (Wildman–Crippen MR) is 87.4 cm³/mol. The molecule has 0 spiro atoms. The first-order valence-electron chi connectivity index (χ1n) is 8.12. The zero-order chi connectivity index (χ0) is 20.5. The van der Waals surface area contributed by atoms with Gasteiger partial charge in [0.1, 0.15) is 18.3 Å². The summed E-state index contributed by atoms with van der Waals surface area (Å²) in [5, 5.41) is 29.2. The van der Waals surface area contributed by atoms with Crippen LogP contribution in [0.3, 0.4) is 0 Å². The summed E-state index contributed by atoms with van der Waals surface area (Å²) in [7, 11) is -4.91. The van der Waals surface area contributed by atoms with Gasteiger partial charge < -0.3 is 62.3 Å². The van der Waals surface area contributed by atoms with Gasteiger partial charge >= 0.3 is 7.82 Å². The molecule has 14 nitrogen and oxygen atoms in total. The highest BCUT2D eigenvalue weighted by atomic mass is 31.2. The molecule has 2 rings (SSSR count). The molecule has 0 saturated carbocycles. The number of nitrogens with two attached hydrogens (primary N) is 4. The lowest BCUT2D eigenvalue weighted by Crippen LogP contribution is -2.67. The fraction of sp³-hybridized carbons (Fsp3) is 1.00. The first-order valence-corrected chi connectivity index (χ1v) is 9.65. The van der Waals surface area contributed by atoms with E-state index >= 15 is 0 Å². The Morgan fingerprint density at radius 3 is 2.11 bits per heavy atom. The van der Waals surface area contributed by atoms with Gasteiger partial charge in [0.25, 0.3) is 0 Å². The molecular weight excluding hydrogens is 391 g/mol. The molecule has 0 aromatic carbocycles. The van der Waals surface area contributed by atoms with Crippen molar-refractivity contribution in [1.29, 1.82) is 0 Å². The third kappa shape index (κ3) is 5.41. The molecule has 0 bridgehead atoms. The van der Waals surface area contributed by atoms with Gasteiger partial charge in [0.15, 0.2) is 12.6 Å². The fourth-order valence-electron chi connectivity index (χ4n) is 2.93. The van der Waals surface area contributed by atoms with Crippen molar-refractivity contribution in [3.63, 3.8) is 0 Å². The highest BCUT2D eigenvalue weighted by molar-refractivity contribution is 7.46. The molecule has 0 aliphatic carbocycles. The third-order valence-electron chi connectivity index (χ3n) is 4.54. The third-order valence-corrected chi connectivity index (χ3v) is 5.06. The minimum Gasteiger partial charge on any atom is -0.394 e. The van der Waals surface area contributed by atoms with Crippen molar-refractivity contribution in [3.8, 4) is 0 Å². The van der Waals surface area contributed by atoms with Gasteiger partial charge in [-0.2, -0.15) is 0 Å². The standard InChI is InChI=1S/C12H27N4O10P/c13-5-7(15)11(19)24-4(9(5)18)2-23-12-8(16)6(14)10(3(1-17)25-12)26-27(20,21)22/h3-12,17-19H,1-2,13-16H2,(H2,20,21,22)/t3-,4-,5-,6-,7-,8-,9-,10-,11?,12-/m1/s1. The monoisotopic (exact) mass is 418 g/mol. The van der Waals surface area contributed by atoms with Crippen LogP contribution in [-0.4, -0.2) is 99.5 Å². The van der Waals surface area contributed by atoms with Crippen LogP contribution in [0.1, 0.15) is 0 Å². The lowest BCUT2D eigenvalue weighted by atomic mass is 9.95. The van der Waals surface area contributed by atoms with Crippen molar-refractivity contribution in [2.45, 2.75) is 61.2 Å². The van der Waals surface area contributed by atoms with E-state index in [-0.39, 0.29) is 6.61 Å². The van der Waals surface area contributed by atoms with Crippen LogP contribution in [-0.2, 0) is 23.3 Å². The van der Waals surface area contributed by atoms with Gasteiger partial charge in [0.05, 0.1) is 43.5 Å². The van der Waals surface area contributed by atoms with E-state index in [2.05, 4.69) is 4.52 Å². The first kappa shape index (κ1) is 23.0. The van der Waals surface area contributed by atoms with E-state index < -0.39 is 75.6 Å². The molecule has 2 aliphatic rings. The lowest BCUT2D eigenvalue weighted by Gasteiger charge is -2.44. The molecule has 0 amide bonds. The predicted octanol–water partition coefficient (Wildman–Crippen LogP) is -5.41. The Morgan fingerprint density at radius 2 is 1.56 bits per heavy atom. The van der Waals surface area contributed by atoms with Crippen molar-refractivity contribution < 1.29 is 48.4 Å². The minimum absolute atomic E-state index is 0.314. The van der Waals surface area contributed by atoms with Crippen LogP contribution in [0.2, 0.25) is 0 Å². The smallest absolute Gasteiger partial charge is 0.394 e. The SMILES string of the molecule is N[C@@H]1[C@@H](N)[C@H](OC[C@H]2OC(O)[C@H](N)[C@@H](N)[C@@H]2O)O[C@H](CO)[C@H]1OP(=O)(O)O. The number of aliphatic hydroxyl groups excluding tert-OH is 3. The summed E-state index contributed by atoms with van der Waals surface area (Å²) in [6, 6.07) is -4.18. The van der Waals surface area contributed by atoms with Gasteiger partial charge in [-0.25, -0.2) is 4.57 Å². The Kier molecular flexibility index (Phi) is 7.68. The number of hydrogen-bond acceptors (Lipinski definition) is 12. The number of aliphatic hydroxyl groups is 3. The van der Waals surface area contributed by atoms with Crippen LogP contribution in [0.4, 0.5) is 0 Å². The van der Waals surface area contributed by atoms with Crippen molar-refractivity contribution in [2.24, 2.45) is 22.9 Å². The molecule has 27 heavy (non-hydrogen) atoms. The molecule has 160 valence electrons. The Labute approximate surface area is 154 Å². The van der Waals surface area contributed by atoms with Crippen LogP contribution in [0.5, 0.6) is 0 Å². The van der Waals surface area contributed by atoms with E-state index in [1.54, 1.807) is 0 Å². The summed E-state index contributed by atoms with van der Waals surface area (Å²) in [5.74, 6) is 0. The van der Waals surface area contributed by atoms with Crippen LogP contribution < -0.4 is 22.9 Å².